The molecule has 0 aliphatic heterocycles. The summed E-state index contributed by atoms with van der Waals surface area (Å²) < 4.78 is 17.8. The van der Waals surface area contributed by atoms with Crippen molar-refractivity contribution in [2.24, 2.45) is 5.73 Å². The molecule has 2 rings (SSSR count). The Bertz CT molecular complexity index is 580. The molecule has 0 saturated carbocycles. The minimum Gasteiger partial charge on any atom is -0.375 e. The SMILES string of the molecule is CC.COC(c1ccc(-c2csc(=O)[nH]2)cc1)C(N)CF. The fraction of sp³-hybridized carbons (Fsp3) is 0.400. The number of rotatable bonds is 5. The average molecular weight is 312 g/mol. The molecule has 2 unspecified atom stereocenters. The van der Waals surface area contributed by atoms with E-state index < -0.39 is 18.8 Å². The smallest absolute Gasteiger partial charge is 0.304 e. The minimum atomic E-state index is -0.684. The van der Waals surface area contributed by atoms with Crippen LogP contribution >= 0.6 is 11.3 Å². The average Bonchev–Trinajstić information content (AvgIpc) is 2.97. The fourth-order valence-corrected chi connectivity index (χ4v) is 2.50. The Hall–Kier alpha value is -1.50. The summed E-state index contributed by atoms with van der Waals surface area (Å²) in [6.07, 6.45) is -0.472. The van der Waals surface area contributed by atoms with Crippen LogP contribution in [0, 0.1) is 0 Å². The summed E-state index contributed by atoms with van der Waals surface area (Å²) in [4.78, 5) is 13.7. The number of aromatic amines is 1. The van der Waals surface area contributed by atoms with Crippen LogP contribution in [0.4, 0.5) is 4.39 Å². The molecule has 4 nitrogen and oxygen atoms in total. The molecule has 0 amide bonds. The molecule has 2 aromatic rings. The van der Waals surface area contributed by atoms with Crippen molar-refractivity contribution in [3.63, 3.8) is 0 Å². The van der Waals surface area contributed by atoms with Gasteiger partial charge in [0.1, 0.15) is 6.67 Å². The van der Waals surface area contributed by atoms with Gasteiger partial charge in [0.2, 0.25) is 0 Å². The molecule has 3 N–H and O–H groups in total. The van der Waals surface area contributed by atoms with Crippen LogP contribution in [-0.4, -0.2) is 24.8 Å². The van der Waals surface area contributed by atoms with Crippen LogP contribution in [0.3, 0.4) is 0 Å². The van der Waals surface area contributed by atoms with Crippen LogP contribution < -0.4 is 10.6 Å². The second-order valence-corrected chi connectivity index (χ2v) is 5.00. The first-order valence-corrected chi connectivity index (χ1v) is 7.66. The second-order valence-electron chi connectivity index (χ2n) is 4.16. The molecular weight excluding hydrogens is 291 g/mol. The van der Waals surface area contributed by atoms with Gasteiger partial charge in [-0.3, -0.25) is 4.79 Å². The van der Waals surface area contributed by atoms with E-state index in [1.165, 1.54) is 7.11 Å². The molecule has 0 aliphatic rings. The molecular formula is C15H21FN2O2S. The summed E-state index contributed by atoms with van der Waals surface area (Å²) in [5.74, 6) is 0. The van der Waals surface area contributed by atoms with Crippen LogP contribution in [0.2, 0.25) is 0 Å². The van der Waals surface area contributed by atoms with E-state index >= 15 is 0 Å². The Morgan fingerprint density at radius 2 is 1.95 bits per heavy atom. The standard InChI is InChI=1S/C13H15FN2O2S.C2H6/c1-18-12(10(15)6-14)9-4-2-8(3-5-9)11-7-19-13(17)16-11;1-2/h2-5,7,10,12H,6,15H2,1H3,(H,16,17);1-2H3. The second kappa shape index (κ2) is 8.71. The number of benzene rings is 1. The first kappa shape index (κ1) is 17.6. The van der Waals surface area contributed by atoms with Crippen LogP contribution in [0.5, 0.6) is 0 Å². The van der Waals surface area contributed by atoms with Gasteiger partial charge < -0.3 is 15.5 Å². The van der Waals surface area contributed by atoms with Crippen LogP contribution in [0.1, 0.15) is 25.5 Å². The topological polar surface area (TPSA) is 68.1 Å². The molecule has 1 heterocycles. The predicted molar refractivity (Wildman–Crippen MR) is 85.4 cm³/mol. The molecule has 0 bridgehead atoms. The zero-order chi connectivity index (χ0) is 15.8. The lowest BCUT2D eigenvalue weighted by molar-refractivity contribution is 0.0721. The van der Waals surface area contributed by atoms with E-state index in [-0.39, 0.29) is 4.87 Å². The van der Waals surface area contributed by atoms with E-state index in [1.807, 2.05) is 38.1 Å². The summed E-state index contributed by atoms with van der Waals surface area (Å²) >= 11 is 1.12. The van der Waals surface area contributed by atoms with Crippen molar-refractivity contribution < 1.29 is 9.13 Å². The van der Waals surface area contributed by atoms with Crippen molar-refractivity contribution in [3.8, 4) is 11.3 Å². The Morgan fingerprint density at radius 3 is 2.38 bits per heavy atom. The largest absolute Gasteiger partial charge is 0.375 e. The maximum Gasteiger partial charge on any atom is 0.304 e. The van der Waals surface area contributed by atoms with Crippen molar-refractivity contribution >= 4 is 11.3 Å². The number of ether oxygens (including phenoxy) is 1. The number of H-pyrrole nitrogens is 1. The van der Waals surface area contributed by atoms with Gasteiger partial charge >= 0.3 is 4.87 Å². The molecule has 0 aliphatic carbocycles. The zero-order valence-corrected chi connectivity index (χ0v) is 13.2. The van der Waals surface area contributed by atoms with Crippen molar-refractivity contribution in [1.29, 1.82) is 0 Å². The van der Waals surface area contributed by atoms with Gasteiger partial charge in [0.25, 0.3) is 0 Å². The third-order valence-corrected chi connectivity index (χ3v) is 3.56. The van der Waals surface area contributed by atoms with E-state index in [0.29, 0.717) is 0 Å². The van der Waals surface area contributed by atoms with E-state index in [0.717, 1.165) is 28.2 Å². The number of methoxy groups -OCH3 is 1. The van der Waals surface area contributed by atoms with E-state index in [2.05, 4.69) is 4.98 Å². The van der Waals surface area contributed by atoms with Crippen LogP contribution in [-0.2, 0) is 4.74 Å². The first-order valence-electron chi connectivity index (χ1n) is 6.78. The lowest BCUT2D eigenvalue weighted by Gasteiger charge is -2.20. The maximum absolute atomic E-state index is 12.6. The molecule has 116 valence electrons. The van der Waals surface area contributed by atoms with Crippen molar-refractivity contribution in [2.45, 2.75) is 26.0 Å². The van der Waals surface area contributed by atoms with Crippen molar-refractivity contribution in [2.75, 3.05) is 13.8 Å². The van der Waals surface area contributed by atoms with Gasteiger partial charge in [0, 0.05) is 12.5 Å². The molecule has 6 heteroatoms. The molecule has 0 spiro atoms. The highest BCUT2D eigenvalue weighted by Crippen LogP contribution is 2.24. The summed E-state index contributed by atoms with van der Waals surface area (Å²) in [5, 5.41) is 1.76. The highest BCUT2D eigenvalue weighted by atomic mass is 32.1. The summed E-state index contributed by atoms with van der Waals surface area (Å²) in [7, 11) is 1.50. The van der Waals surface area contributed by atoms with E-state index in [4.69, 9.17) is 10.5 Å². The third kappa shape index (κ3) is 4.49. The normalized spacial score (nSPS) is 13.2. The van der Waals surface area contributed by atoms with Crippen LogP contribution in [0.15, 0.2) is 34.4 Å². The quantitative estimate of drug-likeness (QED) is 0.891. The van der Waals surface area contributed by atoms with Crippen LogP contribution in [0.25, 0.3) is 11.3 Å². The number of alkyl halides is 1. The lowest BCUT2D eigenvalue weighted by atomic mass is 10.0. The van der Waals surface area contributed by atoms with E-state index in [9.17, 15) is 9.18 Å². The number of thiazole rings is 1. The molecule has 0 saturated heterocycles. The van der Waals surface area contributed by atoms with Gasteiger partial charge in [0.15, 0.2) is 0 Å². The van der Waals surface area contributed by atoms with Gasteiger partial charge in [-0.1, -0.05) is 49.4 Å². The predicted octanol–water partition coefficient (Wildman–Crippen LogP) is 3.11. The van der Waals surface area contributed by atoms with Gasteiger partial charge in [0.05, 0.1) is 17.8 Å². The first-order chi connectivity index (χ1) is 10.2. The highest BCUT2D eigenvalue weighted by molar-refractivity contribution is 7.07. The Kier molecular flexibility index (Phi) is 7.28. The van der Waals surface area contributed by atoms with Crippen molar-refractivity contribution in [1.82, 2.24) is 4.98 Å². The zero-order valence-electron chi connectivity index (χ0n) is 12.4. The summed E-state index contributed by atoms with van der Waals surface area (Å²) in [6, 6.07) is 6.68. The van der Waals surface area contributed by atoms with Gasteiger partial charge in [-0.15, -0.1) is 0 Å². The minimum absolute atomic E-state index is 0.0895. The van der Waals surface area contributed by atoms with Gasteiger partial charge in [-0.25, -0.2) is 4.39 Å². The molecule has 21 heavy (non-hydrogen) atoms. The summed E-state index contributed by atoms with van der Waals surface area (Å²) in [5.41, 5.74) is 8.14. The third-order valence-electron chi connectivity index (χ3n) is 2.89. The Labute approximate surface area is 127 Å². The number of hydrogen-bond donors (Lipinski definition) is 2. The lowest BCUT2D eigenvalue weighted by Crippen LogP contribution is -2.31. The number of nitrogens with two attached hydrogens (primary N) is 1. The number of aromatic nitrogens is 1. The molecule has 1 aromatic carbocycles. The highest BCUT2D eigenvalue weighted by Gasteiger charge is 2.19. The van der Waals surface area contributed by atoms with Gasteiger partial charge in [-0.05, 0) is 11.1 Å². The maximum atomic E-state index is 12.6. The number of hydrogen-bond acceptors (Lipinski definition) is 4. The number of nitrogens with one attached hydrogen (secondary N) is 1. The molecule has 0 radical (unpaired) electrons. The molecule has 2 atom stereocenters. The monoisotopic (exact) mass is 312 g/mol. The number of halogens is 1. The molecule has 0 fully saturated rings. The van der Waals surface area contributed by atoms with Crippen molar-refractivity contribution in [3.05, 3.63) is 44.9 Å². The molecule has 1 aromatic heterocycles. The Balaban J connectivity index is 0.00000106. The van der Waals surface area contributed by atoms with E-state index in [1.54, 1.807) is 5.38 Å². The van der Waals surface area contributed by atoms with Gasteiger partial charge in [-0.2, -0.15) is 0 Å². The summed E-state index contributed by atoms with van der Waals surface area (Å²) in [6.45, 7) is 3.36. The Morgan fingerprint density at radius 1 is 1.33 bits per heavy atom. The fourth-order valence-electron chi connectivity index (χ4n) is 1.91.